The Morgan fingerprint density at radius 3 is 1.93 bits per heavy atom. The predicted octanol–water partition coefficient (Wildman–Crippen LogP) is 3.98. The van der Waals surface area contributed by atoms with Crippen LogP contribution in [0.4, 0.5) is 17.1 Å². The molecule has 12 heteroatoms. The fourth-order valence-electron chi connectivity index (χ4n) is 2.73. The fraction of sp³-hybridized carbons (Fsp3) is 0.167. The van der Waals surface area contributed by atoms with Crippen LogP contribution in [0, 0.1) is 44.2 Å². The number of benzene rings is 2. The second-order valence-electron chi connectivity index (χ2n) is 6.01. The lowest BCUT2D eigenvalue weighted by Crippen LogP contribution is -1.97. The molecule has 0 atom stereocenters. The van der Waals surface area contributed by atoms with Crippen molar-refractivity contribution in [1.82, 2.24) is 4.98 Å². The fourth-order valence-corrected chi connectivity index (χ4v) is 2.73. The lowest BCUT2D eigenvalue weighted by atomic mass is 10.1. The van der Waals surface area contributed by atoms with Crippen LogP contribution in [0.25, 0.3) is 10.8 Å². The summed E-state index contributed by atoms with van der Waals surface area (Å²) in [6, 6.07) is 8.98. The van der Waals surface area contributed by atoms with Gasteiger partial charge in [-0.25, -0.2) is 0 Å². The van der Waals surface area contributed by atoms with E-state index in [1.54, 1.807) is 7.11 Å². The van der Waals surface area contributed by atoms with Gasteiger partial charge in [0.25, 0.3) is 11.4 Å². The number of nitro benzene ring substituents is 3. The molecule has 2 aromatic carbocycles. The molecule has 12 nitrogen and oxygen atoms in total. The number of pyridine rings is 1. The maximum absolute atomic E-state index is 10.4. The first-order valence-corrected chi connectivity index (χ1v) is 8.28. The number of non-ortho nitro benzene ring substituents is 1. The van der Waals surface area contributed by atoms with Gasteiger partial charge in [-0.2, -0.15) is 0 Å². The van der Waals surface area contributed by atoms with Crippen molar-refractivity contribution < 1.29 is 24.6 Å². The van der Waals surface area contributed by atoms with Gasteiger partial charge in [0, 0.05) is 22.2 Å². The number of hydrogen-bond donors (Lipinski definition) is 1. The van der Waals surface area contributed by atoms with Gasteiger partial charge < -0.3 is 9.84 Å². The van der Waals surface area contributed by atoms with Gasteiger partial charge in [-0.05, 0) is 26.0 Å². The molecule has 0 bridgehead atoms. The molecule has 1 heterocycles. The summed E-state index contributed by atoms with van der Waals surface area (Å²) in [5.41, 5.74) is -0.920. The molecular weight excluding hydrogens is 400 g/mol. The molecule has 0 spiro atoms. The van der Waals surface area contributed by atoms with E-state index in [1.165, 1.54) is 0 Å². The number of methoxy groups -OCH3 is 1. The summed E-state index contributed by atoms with van der Waals surface area (Å²) in [5, 5.41) is 42.5. The van der Waals surface area contributed by atoms with Crippen LogP contribution in [-0.4, -0.2) is 32.0 Å². The molecule has 3 aromatic rings. The standard InChI is InChI=1S/C12H13NO.C6H3N3O7/c1-8-7-11-10(9(2)13-8)5-4-6-12(11)14-3;10-6-4(8(13)14)1-3(7(11)12)2-5(6)9(15)16/h4-7H,1-3H3;1-2,10H. The van der Waals surface area contributed by atoms with Gasteiger partial charge in [-0.15, -0.1) is 0 Å². The zero-order valence-electron chi connectivity index (χ0n) is 16.1. The summed E-state index contributed by atoms with van der Waals surface area (Å²) >= 11 is 0. The van der Waals surface area contributed by atoms with Crippen LogP contribution in [-0.2, 0) is 0 Å². The van der Waals surface area contributed by atoms with Gasteiger partial charge in [0.1, 0.15) is 5.75 Å². The van der Waals surface area contributed by atoms with Crippen LogP contribution < -0.4 is 4.74 Å². The van der Waals surface area contributed by atoms with Crippen LogP contribution in [0.1, 0.15) is 11.4 Å². The second kappa shape index (κ2) is 8.77. The van der Waals surface area contributed by atoms with Crippen LogP contribution in [0.2, 0.25) is 0 Å². The van der Waals surface area contributed by atoms with E-state index in [-0.39, 0.29) is 0 Å². The maximum Gasteiger partial charge on any atom is 0.324 e. The Hall–Kier alpha value is -4.35. The van der Waals surface area contributed by atoms with E-state index in [2.05, 4.69) is 17.1 Å². The minimum absolute atomic E-state index is 0.447. The van der Waals surface area contributed by atoms with Crippen LogP contribution in [0.5, 0.6) is 11.5 Å². The van der Waals surface area contributed by atoms with E-state index in [0.29, 0.717) is 12.1 Å². The molecule has 0 fully saturated rings. The second-order valence-corrected chi connectivity index (χ2v) is 6.01. The van der Waals surface area contributed by atoms with E-state index >= 15 is 0 Å². The van der Waals surface area contributed by atoms with Gasteiger partial charge in [-0.1, -0.05) is 12.1 Å². The number of fused-ring (bicyclic) bond motifs is 1. The summed E-state index contributed by atoms with van der Waals surface area (Å²) < 4.78 is 5.31. The minimum Gasteiger partial charge on any atom is -0.497 e. The molecule has 0 saturated carbocycles. The number of hydrogen-bond acceptors (Lipinski definition) is 9. The highest BCUT2D eigenvalue weighted by Gasteiger charge is 2.30. The van der Waals surface area contributed by atoms with Crippen molar-refractivity contribution in [3.8, 4) is 11.5 Å². The summed E-state index contributed by atoms with van der Waals surface area (Å²) in [4.78, 5) is 32.2. The number of nitro groups is 3. The first kappa shape index (κ1) is 21.9. The lowest BCUT2D eigenvalue weighted by molar-refractivity contribution is -0.404. The molecule has 0 saturated heterocycles. The zero-order valence-corrected chi connectivity index (χ0v) is 16.1. The smallest absolute Gasteiger partial charge is 0.324 e. The first-order chi connectivity index (χ1) is 14.1. The van der Waals surface area contributed by atoms with Crippen LogP contribution >= 0.6 is 0 Å². The minimum atomic E-state index is -1.21. The van der Waals surface area contributed by atoms with Gasteiger partial charge >= 0.3 is 11.4 Å². The maximum atomic E-state index is 10.4. The van der Waals surface area contributed by atoms with E-state index in [4.69, 9.17) is 9.84 Å². The molecule has 1 N–H and O–H groups in total. The Morgan fingerprint density at radius 1 is 0.900 bits per heavy atom. The predicted molar refractivity (Wildman–Crippen MR) is 106 cm³/mol. The molecule has 30 heavy (non-hydrogen) atoms. The Balaban J connectivity index is 0.000000215. The number of aryl methyl sites for hydroxylation is 2. The lowest BCUT2D eigenvalue weighted by Gasteiger charge is -2.07. The van der Waals surface area contributed by atoms with Crippen molar-refractivity contribution in [3.05, 3.63) is 78.1 Å². The van der Waals surface area contributed by atoms with Gasteiger partial charge in [0.15, 0.2) is 0 Å². The van der Waals surface area contributed by atoms with E-state index < -0.39 is 37.6 Å². The van der Waals surface area contributed by atoms with Crippen LogP contribution in [0.3, 0.4) is 0 Å². The Morgan fingerprint density at radius 2 is 1.47 bits per heavy atom. The highest BCUT2D eigenvalue weighted by atomic mass is 16.6. The molecule has 0 aliphatic rings. The van der Waals surface area contributed by atoms with Crippen molar-refractivity contribution in [2.45, 2.75) is 13.8 Å². The highest BCUT2D eigenvalue weighted by Crippen LogP contribution is 2.39. The van der Waals surface area contributed by atoms with E-state index in [9.17, 15) is 30.3 Å². The van der Waals surface area contributed by atoms with E-state index in [0.717, 1.165) is 27.9 Å². The number of rotatable bonds is 4. The van der Waals surface area contributed by atoms with Gasteiger partial charge in [0.2, 0.25) is 0 Å². The number of nitrogens with zero attached hydrogens (tertiary/aromatic N) is 4. The third kappa shape index (κ3) is 4.55. The van der Waals surface area contributed by atoms with Crippen molar-refractivity contribution >= 4 is 27.8 Å². The summed E-state index contributed by atoms with van der Waals surface area (Å²) in [6.45, 7) is 4.02. The third-order valence-electron chi connectivity index (χ3n) is 4.03. The number of ether oxygens (including phenoxy) is 1. The third-order valence-corrected chi connectivity index (χ3v) is 4.03. The Bertz CT molecular complexity index is 1130. The van der Waals surface area contributed by atoms with Crippen molar-refractivity contribution in [2.75, 3.05) is 7.11 Å². The molecule has 0 unspecified atom stereocenters. The van der Waals surface area contributed by atoms with Crippen LogP contribution in [0.15, 0.2) is 36.4 Å². The molecule has 0 aliphatic heterocycles. The normalized spacial score (nSPS) is 10.1. The number of aromatic hydroxyl groups is 1. The topological polar surface area (TPSA) is 172 Å². The van der Waals surface area contributed by atoms with Crippen molar-refractivity contribution in [2.24, 2.45) is 0 Å². The molecule has 0 aliphatic carbocycles. The van der Waals surface area contributed by atoms with Crippen molar-refractivity contribution in [1.29, 1.82) is 0 Å². The van der Waals surface area contributed by atoms with E-state index in [1.807, 2.05) is 26.0 Å². The highest BCUT2D eigenvalue weighted by molar-refractivity contribution is 5.90. The van der Waals surface area contributed by atoms with Crippen molar-refractivity contribution in [3.63, 3.8) is 0 Å². The number of aromatic nitrogens is 1. The summed E-state index contributed by atoms with van der Waals surface area (Å²) in [5.74, 6) is -0.295. The Labute approximate surface area is 168 Å². The molecule has 0 amide bonds. The summed E-state index contributed by atoms with van der Waals surface area (Å²) in [7, 11) is 1.69. The number of phenolic OH excluding ortho intramolecular Hbond substituents is 1. The molecule has 0 radical (unpaired) electrons. The quantitative estimate of drug-likeness (QED) is 0.487. The monoisotopic (exact) mass is 416 g/mol. The first-order valence-electron chi connectivity index (χ1n) is 8.28. The zero-order chi connectivity index (χ0) is 22.6. The molecular formula is C18H16N4O8. The SMILES string of the molecule is COc1cccc2c(C)nc(C)cc12.O=[N+]([O-])c1cc([N+](=O)[O-])c(O)c([N+](=O)[O-])c1. The largest absolute Gasteiger partial charge is 0.497 e. The molecule has 1 aromatic heterocycles. The van der Waals surface area contributed by atoms with Gasteiger partial charge in [0.05, 0.1) is 34.0 Å². The number of phenols is 1. The summed E-state index contributed by atoms with van der Waals surface area (Å²) in [6.07, 6.45) is 0. The average Bonchev–Trinajstić information content (AvgIpc) is 2.67. The Kier molecular flexibility index (Phi) is 6.42. The molecule has 156 valence electrons. The average molecular weight is 416 g/mol. The molecule has 3 rings (SSSR count). The van der Waals surface area contributed by atoms with Gasteiger partial charge in [-0.3, -0.25) is 35.3 Å².